The summed E-state index contributed by atoms with van der Waals surface area (Å²) in [7, 11) is 0. The van der Waals surface area contributed by atoms with Crippen LogP contribution in [0.1, 0.15) is 68.6 Å². The van der Waals surface area contributed by atoms with Gasteiger partial charge in [0, 0.05) is 48.0 Å². The van der Waals surface area contributed by atoms with Crippen LogP contribution >= 0.6 is 0 Å². The molecule has 2 aromatic heterocycles. The number of nitrogens with one attached hydrogen (secondary N) is 1. The van der Waals surface area contributed by atoms with Gasteiger partial charge in [0.05, 0.1) is 6.54 Å². The molecule has 1 aliphatic carbocycles. The van der Waals surface area contributed by atoms with Crippen LogP contribution in [0.25, 0.3) is 11.3 Å². The number of carboxylic acids is 1. The Morgan fingerprint density at radius 2 is 2.03 bits per heavy atom. The summed E-state index contributed by atoms with van der Waals surface area (Å²) in [6.45, 7) is 2.93. The van der Waals surface area contributed by atoms with Gasteiger partial charge in [0.1, 0.15) is 17.6 Å². The van der Waals surface area contributed by atoms with Crippen LogP contribution in [0.2, 0.25) is 0 Å². The molecule has 35 heavy (non-hydrogen) atoms. The number of aliphatic hydroxyl groups is 1. The van der Waals surface area contributed by atoms with Gasteiger partial charge in [-0.3, -0.25) is 4.79 Å². The first-order valence-corrected chi connectivity index (χ1v) is 12.2. The van der Waals surface area contributed by atoms with E-state index in [1.54, 1.807) is 13.1 Å². The highest BCUT2D eigenvalue weighted by molar-refractivity contribution is 5.66. The van der Waals surface area contributed by atoms with Crippen molar-refractivity contribution in [2.24, 2.45) is 5.92 Å². The van der Waals surface area contributed by atoms with Gasteiger partial charge in [-0.05, 0) is 69.8 Å². The SMILES string of the molecule is C[C@H](O)c1nccn1Cc1cc(-c2ccc(C#CC3CCC(NCCCC(=O)O)CC3)cc2)on1. The number of aromatic nitrogens is 3. The van der Waals surface area contributed by atoms with Crippen LogP contribution < -0.4 is 5.32 Å². The zero-order valence-corrected chi connectivity index (χ0v) is 20.0. The predicted octanol–water partition coefficient (Wildman–Crippen LogP) is 4.00. The smallest absolute Gasteiger partial charge is 0.303 e. The van der Waals surface area contributed by atoms with Gasteiger partial charge >= 0.3 is 5.97 Å². The molecule has 8 nitrogen and oxygen atoms in total. The standard InChI is InChI=1S/C27H32N4O4/c1-19(32)27-29-15-16-31(27)18-24-17-25(35-30-24)22-10-6-20(7-11-22)4-5-21-8-12-23(13-9-21)28-14-2-3-26(33)34/h6-7,10-11,15-17,19,21,23,28,32H,2-3,8-9,12-14,18H2,1H3,(H,33,34)/t19-,21?,23?/m0/s1. The summed E-state index contributed by atoms with van der Waals surface area (Å²) in [4.78, 5) is 14.8. The number of benzene rings is 1. The number of hydrogen-bond acceptors (Lipinski definition) is 6. The molecule has 8 heteroatoms. The van der Waals surface area contributed by atoms with Gasteiger partial charge in [0.2, 0.25) is 0 Å². The van der Waals surface area contributed by atoms with Crippen LogP contribution in [0.5, 0.6) is 0 Å². The summed E-state index contributed by atoms with van der Waals surface area (Å²) >= 11 is 0. The van der Waals surface area contributed by atoms with Gasteiger partial charge in [-0.15, -0.1) is 0 Å². The third kappa shape index (κ3) is 7.04. The zero-order valence-electron chi connectivity index (χ0n) is 20.0. The van der Waals surface area contributed by atoms with E-state index in [-0.39, 0.29) is 6.42 Å². The van der Waals surface area contributed by atoms with Crippen molar-refractivity contribution < 1.29 is 19.5 Å². The fourth-order valence-electron chi connectivity index (χ4n) is 4.41. The molecular formula is C27H32N4O4. The largest absolute Gasteiger partial charge is 0.481 e. The van der Waals surface area contributed by atoms with Crippen LogP contribution in [0, 0.1) is 17.8 Å². The lowest BCUT2D eigenvalue weighted by atomic mass is 9.86. The van der Waals surface area contributed by atoms with Crippen LogP contribution in [-0.4, -0.2) is 43.5 Å². The van der Waals surface area contributed by atoms with Gasteiger partial charge < -0.3 is 24.6 Å². The maximum atomic E-state index is 10.6. The minimum atomic E-state index is -0.734. The second-order valence-corrected chi connectivity index (χ2v) is 9.12. The Kier molecular flexibility index (Phi) is 8.35. The number of aliphatic hydroxyl groups excluding tert-OH is 1. The first kappa shape index (κ1) is 24.7. The normalized spacial score (nSPS) is 18.6. The highest BCUT2D eigenvalue weighted by atomic mass is 16.5. The van der Waals surface area contributed by atoms with E-state index >= 15 is 0 Å². The van der Waals surface area contributed by atoms with Gasteiger partial charge in [-0.1, -0.05) is 17.0 Å². The minimum absolute atomic E-state index is 0.223. The van der Waals surface area contributed by atoms with E-state index in [1.165, 1.54) is 0 Å². The van der Waals surface area contributed by atoms with Crippen molar-refractivity contribution in [2.75, 3.05) is 6.54 Å². The molecule has 2 heterocycles. The molecule has 0 unspecified atom stereocenters. The van der Waals surface area contributed by atoms with Crippen molar-refractivity contribution in [2.45, 2.75) is 64.1 Å². The Hall–Kier alpha value is -3.41. The van der Waals surface area contributed by atoms with Crippen LogP contribution in [-0.2, 0) is 11.3 Å². The molecule has 1 aliphatic rings. The van der Waals surface area contributed by atoms with Gasteiger partial charge in [0.15, 0.2) is 5.76 Å². The second kappa shape index (κ2) is 11.8. The maximum Gasteiger partial charge on any atom is 0.303 e. The molecular weight excluding hydrogens is 444 g/mol. The van der Waals surface area contributed by atoms with Crippen LogP contribution in [0.15, 0.2) is 47.2 Å². The Morgan fingerprint density at radius 1 is 1.26 bits per heavy atom. The fraction of sp³-hybridized carbons (Fsp3) is 0.444. The molecule has 1 saturated carbocycles. The first-order valence-electron chi connectivity index (χ1n) is 12.2. The third-order valence-electron chi connectivity index (χ3n) is 6.33. The lowest BCUT2D eigenvalue weighted by Gasteiger charge is -2.26. The molecule has 0 aliphatic heterocycles. The van der Waals surface area contributed by atoms with Crippen molar-refractivity contribution in [1.29, 1.82) is 0 Å². The van der Waals surface area contributed by atoms with Crippen molar-refractivity contribution in [3.8, 4) is 23.2 Å². The average Bonchev–Trinajstić information content (AvgIpc) is 3.52. The highest BCUT2D eigenvalue weighted by Gasteiger charge is 2.19. The van der Waals surface area contributed by atoms with Crippen molar-refractivity contribution in [3.05, 3.63) is 59.8 Å². The summed E-state index contributed by atoms with van der Waals surface area (Å²) in [5.41, 5.74) is 2.67. The first-order chi connectivity index (χ1) is 17.0. The quantitative estimate of drug-likeness (QED) is 0.316. The van der Waals surface area contributed by atoms with E-state index < -0.39 is 12.1 Å². The Morgan fingerprint density at radius 3 is 2.74 bits per heavy atom. The molecule has 0 saturated heterocycles. The molecule has 0 bridgehead atoms. The molecule has 0 amide bonds. The number of imidazole rings is 1. The summed E-state index contributed by atoms with van der Waals surface area (Å²) in [5, 5.41) is 26.2. The number of rotatable bonds is 9. The number of nitrogens with zero attached hydrogens (tertiary/aromatic N) is 3. The molecule has 3 aromatic rings. The van der Waals surface area contributed by atoms with E-state index in [1.807, 2.05) is 41.1 Å². The van der Waals surface area contributed by atoms with E-state index in [0.29, 0.717) is 36.5 Å². The lowest BCUT2D eigenvalue weighted by molar-refractivity contribution is -0.137. The molecule has 4 rings (SSSR count). The predicted molar refractivity (Wildman–Crippen MR) is 131 cm³/mol. The maximum absolute atomic E-state index is 10.6. The summed E-state index contributed by atoms with van der Waals surface area (Å²) in [6, 6.07) is 10.4. The van der Waals surface area contributed by atoms with Crippen LogP contribution in [0.3, 0.4) is 0 Å². The Balaban J connectivity index is 1.27. The molecule has 0 radical (unpaired) electrons. The van der Waals surface area contributed by atoms with Gasteiger partial charge in [-0.2, -0.15) is 0 Å². The topological polar surface area (TPSA) is 113 Å². The number of hydrogen-bond donors (Lipinski definition) is 3. The van der Waals surface area contributed by atoms with E-state index in [2.05, 4.69) is 27.3 Å². The summed E-state index contributed by atoms with van der Waals surface area (Å²) < 4.78 is 7.39. The molecule has 3 N–H and O–H groups in total. The highest BCUT2D eigenvalue weighted by Crippen LogP contribution is 2.25. The molecule has 0 spiro atoms. The Labute approximate surface area is 205 Å². The van der Waals surface area contributed by atoms with E-state index in [9.17, 15) is 9.90 Å². The lowest BCUT2D eigenvalue weighted by Crippen LogP contribution is -2.33. The summed E-state index contributed by atoms with van der Waals surface area (Å²) in [6.07, 6.45) is 8.02. The van der Waals surface area contributed by atoms with Crippen molar-refractivity contribution in [3.63, 3.8) is 0 Å². The van der Waals surface area contributed by atoms with Gasteiger partial charge in [0.25, 0.3) is 0 Å². The van der Waals surface area contributed by atoms with Gasteiger partial charge in [-0.25, -0.2) is 4.98 Å². The third-order valence-corrected chi connectivity index (χ3v) is 6.33. The van der Waals surface area contributed by atoms with Crippen molar-refractivity contribution >= 4 is 5.97 Å². The minimum Gasteiger partial charge on any atom is -0.481 e. The fourth-order valence-corrected chi connectivity index (χ4v) is 4.41. The van der Waals surface area contributed by atoms with Crippen molar-refractivity contribution in [1.82, 2.24) is 20.0 Å². The summed E-state index contributed by atoms with van der Waals surface area (Å²) in [5.74, 6) is 7.68. The average molecular weight is 477 g/mol. The second-order valence-electron chi connectivity index (χ2n) is 9.12. The Bertz CT molecular complexity index is 1160. The monoisotopic (exact) mass is 476 g/mol. The zero-order chi connectivity index (χ0) is 24.6. The van der Waals surface area contributed by atoms with Crippen LogP contribution in [0.4, 0.5) is 0 Å². The number of carbonyl (C=O) groups is 1. The number of carboxylic acid groups (broad SMARTS) is 1. The molecule has 1 aromatic carbocycles. The van der Waals surface area contributed by atoms with E-state index in [0.717, 1.165) is 49.0 Å². The molecule has 1 fully saturated rings. The molecule has 1 atom stereocenters. The number of aliphatic carboxylic acids is 1. The van der Waals surface area contributed by atoms with E-state index in [4.69, 9.17) is 9.63 Å². The molecule has 184 valence electrons.